The first kappa shape index (κ1) is 16.2. The number of hydrogen-bond donors (Lipinski definition) is 1. The van der Waals surface area contributed by atoms with E-state index in [1.54, 1.807) is 18.2 Å². The van der Waals surface area contributed by atoms with Gasteiger partial charge in [0.2, 0.25) is 0 Å². The molecular formula is C14H23N3O3. The van der Waals surface area contributed by atoms with Gasteiger partial charge in [-0.15, -0.1) is 0 Å². The number of benzene rings is 1. The van der Waals surface area contributed by atoms with Crippen LogP contribution in [0.5, 0.6) is 5.75 Å². The predicted molar refractivity (Wildman–Crippen MR) is 80.4 cm³/mol. The van der Waals surface area contributed by atoms with Crippen LogP contribution in [0, 0.1) is 15.5 Å². The van der Waals surface area contributed by atoms with Gasteiger partial charge < -0.3 is 15.4 Å². The van der Waals surface area contributed by atoms with Crippen molar-refractivity contribution in [3.8, 4) is 5.75 Å². The minimum absolute atomic E-state index is 0.00433. The molecule has 0 aliphatic heterocycles. The number of ether oxygens (including phenoxy) is 1. The topological polar surface area (TPSA) is 81.6 Å². The van der Waals surface area contributed by atoms with Gasteiger partial charge in [0.1, 0.15) is 5.69 Å². The molecule has 112 valence electrons. The van der Waals surface area contributed by atoms with E-state index in [0.29, 0.717) is 25.3 Å². The van der Waals surface area contributed by atoms with E-state index in [1.165, 1.54) is 7.11 Å². The van der Waals surface area contributed by atoms with Crippen molar-refractivity contribution in [1.29, 1.82) is 0 Å². The van der Waals surface area contributed by atoms with Gasteiger partial charge in [-0.25, -0.2) is 0 Å². The van der Waals surface area contributed by atoms with Crippen LogP contribution in [-0.4, -0.2) is 31.7 Å². The Bertz CT molecular complexity index is 475. The third kappa shape index (κ3) is 3.60. The molecule has 1 aromatic rings. The van der Waals surface area contributed by atoms with Crippen molar-refractivity contribution in [3.05, 3.63) is 28.3 Å². The maximum atomic E-state index is 11.3. The minimum Gasteiger partial charge on any atom is -0.490 e. The molecule has 20 heavy (non-hydrogen) atoms. The smallest absolute Gasteiger partial charge is 0.333 e. The summed E-state index contributed by atoms with van der Waals surface area (Å²) in [5.41, 5.74) is 6.21. The predicted octanol–water partition coefficient (Wildman–Crippen LogP) is 2.41. The van der Waals surface area contributed by atoms with Crippen LogP contribution < -0.4 is 15.4 Å². The summed E-state index contributed by atoms with van der Waals surface area (Å²) < 4.78 is 5.11. The lowest BCUT2D eigenvalue weighted by Crippen LogP contribution is -2.39. The molecule has 0 aromatic heterocycles. The second-order valence-electron chi connectivity index (χ2n) is 5.47. The Hall–Kier alpha value is -1.82. The summed E-state index contributed by atoms with van der Waals surface area (Å²) >= 11 is 0. The second-order valence-corrected chi connectivity index (χ2v) is 5.47. The van der Waals surface area contributed by atoms with Gasteiger partial charge >= 0.3 is 5.69 Å². The maximum Gasteiger partial charge on any atom is 0.333 e. The van der Waals surface area contributed by atoms with Crippen LogP contribution in [0.3, 0.4) is 0 Å². The molecule has 6 nitrogen and oxygen atoms in total. The number of anilines is 1. The molecule has 0 atom stereocenters. The van der Waals surface area contributed by atoms with Gasteiger partial charge in [-0.2, -0.15) is 0 Å². The monoisotopic (exact) mass is 281 g/mol. The van der Waals surface area contributed by atoms with E-state index in [0.717, 1.165) is 0 Å². The number of hydrogen-bond acceptors (Lipinski definition) is 5. The average Bonchev–Trinajstić information content (AvgIpc) is 2.43. The lowest BCUT2D eigenvalue weighted by atomic mass is 9.92. The zero-order chi connectivity index (χ0) is 15.3. The Kier molecular flexibility index (Phi) is 5.33. The van der Waals surface area contributed by atoms with Crippen LogP contribution in [0.4, 0.5) is 11.4 Å². The molecule has 2 N–H and O–H groups in total. The first-order valence-electron chi connectivity index (χ1n) is 6.62. The van der Waals surface area contributed by atoms with E-state index in [-0.39, 0.29) is 16.9 Å². The Balaban J connectivity index is 3.25. The van der Waals surface area contributed by atoms with E-state index < -0.39 is 4.92 Å². The molecule has 0 saturated heterocycles. The molecule has 6 heteroatoms. The molecule has 0 spiro atoms. The number of para-hydroxylation sites is 1. The fourth-order valence-corrected chi connectivity index (χ4v) is 2.06. The Morgan fingerprint density at radius 3 is 2.55 bits per heavy atom. The maximum absolute atomic E-state index is 11.3. The number of rotatable bonds is 7. The van der Waals surface area contributed by atoms with Crippen LogP contribution in [0.15, 0.2) is 18.2 Å². The average molecular weight is 281 g/mol. The lowest BCUT2D eigenvalue weighted by molar-refractivity contribution is -0.385. The van der Waals surface area contributed by atoms with E-state index in [9.17, 15) is 10.1 Å². The number of nitrogens with two attached hydrogens (primary N) is 1. The van der Waals surface area contributed by atoms with Crippen molar-refractivity contribution < 1.29 is 9.66 Å². The van der Waals surface area contributed by atoms with Crippen LogP contribution >= 0.6 is 0 Å². The third-order valence-electron chi connectivity index (χ3n) is 3.27. The molecule has 0 heterocycles. The highest BCUT2D eigenvalue weighted by atomic mass is 16.6. The summed E-state index contributed by atoms with van der Waals surface area (Å²) in [7, 11) is 1.44. The van der Waals surface area contributed by atoms with Gasteiger partial charge in [-0.1, -0.05) is 19.9 Å². The largest absolute Gasteiger partial charge is 0.490 e. The van der Waals surface area contributed by atoms with Crippen LogP contribution in [0.25, 0.3) is 0 Å². The molecule has 0 aliphatic carbocycles. The van der Waals surface area contributed by atoms with Crippen LogP contribution in [0.1, 0.15) is 20.8 Å². The minimum atomic E-state index is -0.397. The summed E-state index contributed by atoms with van der Waals surface area (Å²) in [5, 5.41) is 11.3. The molecule has 0 fully saturated rings. The zero-order valence-corrected chi connectivity index (χ0v) is 12.5. The SMILES string of the molecule is CCN(CC(C)(C)CN)c1cccc(OC)c1[N+](=O)[O-]. The molecule has 0 unspecified atom stereocenters. The van der Waals surface area contributed by atoms with Crippen molar-refractivity contribution in [1.82, 2.24) is 0 Å². The van der Waals surface area contributed by atoms with Crippen molar-refractivity contribution in [2.45, 2.75) is 20.8 Å². The molecular weight excluding hydrogens is 258 g/mol. The van der Waals surface area contributed by atoms with E-state index in [2.05, 4.69) is 0 Å². The molecule has 0 radical (unpaired) electrons. The summed E-state index contributed by atoms with van der Waals surface area (Å²) in [6.07, 6.45) is 0. The van der Waals surface area contributed by atoms with Crippen molar-refractivity contribution in [2.24, 2.45) is 11.1 Å². The second kappa shape index (κ2) is 6.56. The Labute approximate surface area is 119 Å². The highest BCUT2D eigenvalue weighted by Crippen LogP contribution is 2.37. The molecule has 1 aromatic carbocycles. The van der Waals surface area contributed by atoms with Gasteiger partial charge in [0.05, 0.1) is 12.0 Å². The molecule has 0 amide bonds. The Morgan fingerprint density at radius 2 is 2.10 bits per heavy atom. The van der Waals surface area contributed by atoms with Crippen LogP contribution in [-0.2, 0) is 0 Å². The Morgan fingerprint density at radius 1 is 1.45 bits per heavy atom. The quantitative estimate of drug-likeness (QED) is 0.613. The van der Waals surface area contributed by atoms with Crippen molar-refractivity contribution >= 4 is 11.4 Å². The standard InChI is InChI=1S/C14H23N3O3/c1-5-16(10-14(2,3)9-15)11-7-6-8-12(20-4)13(11)17(18)19/h6-8H,5,9-10,15H2,1-4H3. The van der Waals surface area contributed by atoms with Crippen molar-refractivity contribution in [2.75, 3.05) is 31.6 Å². The fourth-order valence-electron chi connectivity index (χ4n) is 2.06. The highest BCUT2D eigenvalue weighted by molar-refractivity contribution is 5.69. The van der Waals surface area contributed by atoms with Gasteiger partial charge in [0.25, 0.3) is 0 Å². The first-order chi connectivity index (χ1) is 9.36. The number of nitrogens with zero attached hydrogens (tertiary/aromatic N) is 2. The summed E-state index contributed by atoms with van der Waals surface area (Å²) in [6.45, 7) is 7.88. The number of nitro groups is 1. The fraction of sp³-hybridized carbons (Fsp3) is 0.571. The third-order valence-corrected chi connectivity index (χ3v) is 3.27. The number of methoxy groups -OCH3 is 1. The zero-order valence-electron chi connectivity index (χ0n) is 12.5. The molecule has 0 saturated carbocycles. The highest BCUT2D eigenvalue weighted by Gasteiger charge is 2.27. The van der Waals surface area contributed by atoms with E-state index >= 15 is 0 Å². The summed E-state index contributed by atoms with van der Waals surface area (Å²) in [4.78, 5) is 12.9. The van der Waals surface area contributed by atoms with Crippen molar-refractivity contribution in [3.63, 3.8) is 0 Å². The molecule has 0 bridgehead atoms. The van der Waals surface area contributed by atoms with Gasteiger partial charge in [0, 0.05) is 13.1 Å². The van der Waals surface area contributed by atoms with Crippen LogP contribution in [0.2, 0.25) is 0 Å². The molecule has 0 aliphatic rings. The van der Waals surface area contributed by atoms with E-state index in [1.807, 2.05) is 25.7 Å². The van der Waals surface area contributed by atoms with Gasteiger partial charge in [-0.3, -0.25) is 10.1 Å². The van der Waals surface area contributed by atoms with Gasteiger partial charge in [0.15, 0.2) is 5.75 Å². The van der Waals surface area contributed by atoms with E-state index in [4.69, 9.17) is 10.5 Å². The summed E-state index contributed by atoms with van der Waals surface area (Å²) in [6, 6.07) is 5.11. The first-order valence-corrected chi connectivity index (χ1v) is 6.62. The van der Waals surface area contributed by atoms with Gasteiger partial charge in [-0.05, 0) is 31.0 Å². The normalized spacial score (nSPS) is 11.2. The number of nitro benzene ring substituents is 1. The lowest BCUT2D eigenvalue weighted by Gasteiger charge is -2.32. The summed E-state index contributed by atoms with van der Waals surface area (Å²) in [5.74, 6) is 0.275. The molecule has 1 rings (SSSR count).